The van der Waals surface area contributed by atoms with Crippen LogP contribution in [-0.4, -0.2) is 48.4 Å². The number of aromatic hydroxyl groups is 2. The highest BCUT2D eigenvalue weighted by molar-refractivity contribution is 7.13. The summed E-state index contributed by atoms with van der Waals surface area (Å²) in [6.07, 6.45) is 18.1. The number of aliphatic hydroxyl groups is 1. The van der Waals surface area contributed by atoms with Gasteiger partial charge in [0.25, 0.3) is 0 Å². The van der Waals surface area contributed by atoms with E-state index in [9.17, 15) is 29.4 Å². The first-order valence-corrected chi connectivity index (χ1v) is 28.8. The summed E-state index contributed by atoms with van der Waals surface area (Å²) in [7, 11) is -1.80. The van der Waals surface area contributed by atoms with Crippen LogP contribution in [0.3, 0.4) is 0 Å². The maximum atomic E-state index is 13.0. The second kappa shape index (κ2) is 27.8. The van der Waals surface area contributed by atoms with E-state index >= 15 is 0 Å². The Bertz CT molecular complexity index is 2370. The van der Waals surface area contributed by atoms with Gasteiger partial charge in [0.2, 0.25) is 0 Å². The summed E-state index contributed by atoms with van der Waals surface area (Å²) < 4.78 is 17.0. The molecule has 0 saturated carbocycles. The van der Waals surface area contributed by atoms with E-state index in [1.165, 1.54) is 66.8 Å². The number of allylic oxidation sites excluding steroid dienone is 2. The SMILES string of the molecule is CCCCCCc1ccc(C=C(C)C(=O)c2c(O)cc(C(C)CCCO)oc2=O)s1.CCCCCCc1ccc(C=C(C)C(=O)c2c(O)cc(C(C)CCCO[Si](C)(C)C(C)(C)C)oc2=O)s1. The third-order valence-electron chi connectivity index (χ3n) is 12.5. The zero-order valence-corrected chi connectivity index (χ0v) is 44.7. The minimum absolute atomic E-state index is 0.0459. The fraction of sp³-hybridized carbons (Fsp3) is 0.556. The van der Waals surface area contributed by atoms with Gasteiger partial charge in [0.05, 0.1) is 0 Å². The van der Waals surface area contributed by atoms with E-state index < -0.39 is 31.1 Å². The third kappa shape index (κ3) is 18.0. The second-order valence-electron chi connectivity index (χ2n) is 19.4. The number of carbonyl (C=O) groups excluding carboxylic acids is 2. The summed E-state index contributed by atoms with van der Waals surface area (Å²) >= 11 is 3.30. The van der Waals surface area contributed by atoms with Gasteiger partial charge in [-0.05, 0) is 131 Å². The molecule has 0 aliphatic heterocycles. The lowest BCUT2D eigenvalue weighted by Gasteiger charge is -2.36. The van der Waals surface area contributed by atoms with E-state index in [0.717, 1.165) is 41.9 Å². The first-order chi connectivity index (χ1) is 31.6. The molecule has 0 radical (unpaired) electrons. The smallest absolute Gasteiger partial charge is 0.351 e. The molecule has 0 saturated heterocycles. The number of hydrogen-bond donors (Lipinski definition) is 3. The Morgan fingerprint density at radius 2 is 1.10 bits per heavy atom. The number of aliphatic hydroxyl groups excluding tert-OH is 1. The summed E-state index contributed by atoms with van der Waals surface area (Å²) in [5.41, 5.74) is -1.49. The van der Waals surface area contributed by atoms with Crippen LogP contribution in [0.2, 0.25) is 18.1 Å². The molecule has 370 valence electrons. The van der Waals surface area contributed by atoms with Gasteiger partial charge in [-0.25, -0.2) is 9.59 Å². The zero-order chi connectivity index (χ0) is 49.9. The van der Waals surface area contributed by atoms with Crippen LogP contribution in [0.4, 0.5) is 0 Å². The Labute approximate surface area is 408 Å². The van der Waals surface area contributed by atoms with Gasteiger partial charge < -0.3 is 28.6 Å². The van der Waals surface area contributed by atoms with E-state index in [2.05, 4.69) is 59.8 Å². The fourth-order valence-corrected chi connectivity index (χ4v) is 10.3. The lowest BCUT2D eigenvalue weighted by Crippen LogP contribution is -2.41. The van der Waals surface area contributed by atoms with Crippen LogP contribution in [0, 0.1) is 0 Å². The van der Waals surface area contributed by atoms with Crippen molar-refractivity contribution in [2.45, 2.75) is 182 Å². The monoisotopic (exact) mass is 978 g/mol. The molecule has 67 heavy (non-hydrogen) atoms. The highest BCUT2D eigenvalue weighted by Gasteiger charge is 2.37. The molecule has 0 spiro atoms. The Morgan fingerprint density at radius 1 is 0.687 bits per heavy atom. The van der Waals surface area contributed by atoms with Crippen molar-refractivity contribution in [1.29, 1.82) is 0 Å². The minimum atomic E-state index is -1.80. The van der Waals surface area contributed by atoms with Crippen molar-refractivity contribution in [3.05, 3.63) is 111 Å². The predicted octanol–water partition coefficient (Wildman–Crippen LogP) is 14.4. The summed E-state index contributed by atoms with van der Waals surface area (Å²) in [6, 6.07) is 10.9. The van der Waals surface area contributed by atoms with Gasteiger partial charge in [0.15, 0.2) is 19.9 Å². The van der Waals surface area contributed by atoms with E-state index in [4.69, 9.17) is 18.4 Å². The highest BCUT2D eigenvalue weighted by atomic mass is 32.1. The van der Waals surface area contributed by atoms with Gasteiger partial charge in [0.1, 0.15) is 34.1 Å². The van der Waals surface area contributed by atoms with Crippen LogP contribution >= 0.6 is 22.7 Å². The second-order valence-corrected chi connectivity index (χ2v) is 26.6. The Hall–Kier alpha value is -4.14. The molecule has 3 N–H and O–H groups in total. The summed E-state index contributed by atoms with van der Waals surface area (Å²) in [4.78, 5) is 55.4. The Morgan fingerprint density at radius 3 is 1.48 bits per heavy atom. The number of unbranched alkanes of at least 4 members (excludes halogenated alkanes) is 6. The maximum Gasteiger partial charge on any atom is 0.351 e. The minimum Gasteiger partial charge on any atom is -0.507 e. The number of aryl methyl sites for hydroxylation is 2. The maximum absolute atomic E-state index is 13.0. The predicted molar refractivity (Wildman–Crippen MR) is 279 cm³/mol. The lowest BCUT2D eigenvalue weighted by atomic mass is 10.00. The van der Waals surface area contributed by atoms with Gasteiger partial charge in [-0.1, -0.05) is 87.0 Å². The van der Waals surface area contributed by atoms with E-state index in [1.54, 1.807) is 48.7 Å². The van der Waals surface area contributed by atoms with Crippen molar-refractivity contribution in [3.63, 3.8) is 0 Å². The highest BCUT2D eigenvalue weighted by Crippen LogP contribution is 2.37. The number of rotatable bonds is 26. The summed E-state index contributed by atoms with van der Waals surface area (Å²) in [5.74, 6) is -1.25. The quantitative estimate of drug-likeness (QED) is 0.0239. The molecule has 4 aromatic rings. The molecule has 10 nitrogen and oxygen atoms in total. The van der Waals surface area contributed by atoms with Crippen molar-refractivity contribution >= 4 is 54.7 Å². The molecule has 2 atom stereocenters. The van der Waals surface area contributed by atoms with Gasteiger partial charge in [-0.2, -0.15) is 0 Å². The molecular weight excluding hydrogens is 901 g/mol. The van der Waals surface area contributed by atoms with Crippen molar-refractivity contribution in [1.82, 2.24) is 0 Å². The summed E-state index contributed by atoms with van der Waals surface area (Å²) in [6.45, 7) is 23.3. The zero-order valence-electron chi connectivity index (χ0n) is 42.1. The largest absolute Gasteiger partial charge is 0.507 e. The first-order valence-electron chi connectivity index (χ1n) is 24.3. The standard InChI is InChI=1S/C30H46O5SSi.C24H32O5S/c1-9-10-11-12-15-23-16-17-24(36-23)19-22(3)28(32)27-25(31)20-26(35-29(27)33)21(2)14-13-18-34-37(7,8)30(4,5)6;1-4-5-6-7-10-18-11-12-19(30-18)14-17(3)23(27)22-20(26)15-21(29-24(22)28)16(2)9-8-13-25/h16-17,19-21,31H,9-15,18H2,1-8H3;11-12,14-16,25-26H,4-10,13H2,1-3H3. The molecule has 4 rings (SSSR count). The molecule has 0 amide bonds. The first kappa shape index (κ1) is 57.2. The van der Waals surface area contributed by atoms with Crippen LogP contribution in [0.5, 0.6) is 11.5 Å². The molecule has 0 aromatic carbocycles. The molecular formula is C54H78O10S2Si. The molecule has 4 heterocycles. The molecule has 2 unspecified atom stereocenters. The fourth-order valence-electron chi connectivity index (χ4n) is 7.13. The third-order valence-corrected chi connectivity index (χ3v) is 19.2. The number of ketones is 2. The molecule has 4 aromatic heterocycles. The van der Waals surface area contributed by atoms with Crippen LogP contribution < -0.4 is 11.3 Å². The van der Waals surface area contributed by atoms with Crippen LogP contribution in [0.25, 0.3) is 12.2 Å². The average Bonchev–Trinajstić information content (AvgIpc) is 3.92. The van der Waals surface area contributed by atoms with Crippen LogP contribution in [0.15, 0.2) is 66.0 Å². The summed E-state index contributed by atoms with van der Waals surface area (Å²) in [5, 5.41) is 30.0. The van der Waals surface area contributed by atoms with E-state index in [0.29, 0.717) is 42.1 Å². The van der Waals surface area contributed by atoms with E-state index in [1.807, 2.05) is 26.0 Å². The van der Waals surface area contributed by atoms with Crippen molar-refractivity contribution in [2.24, 2.45) is 0 Å². The number of thiophene rings is 2. The Kier molecular flexibility index (Phi) is 23.7. The van der Waals surface area contributed by atoms with Crippen molar-refractivity contribution in [2.75, 3.05) is 13.2 Å². The normalized spacial score (nSPS) is 13.3. The van der Waals surface area contributed by atoms with Gasteiger partial charge in [-0.3, -0.25) is 9.59 Å². The number of hydrogen-bond acceptors (Lipinski definition) is 12. The van der Waals surface area contributed by atoms with Crippen LogP contribution in [0.1, 0.15) is 203 Å². The topological polar surface area (TPSA) is 164 Å². The molecule has 0 fully saturated rings. The van der Waals surface area contributed by atoms with Crippen molar-refractivity contribution < 1.29 is 38.2 Å². The molecule has 0 aliphatic rings. The van der Waals surface area contributed by atoms with Gasteiger partial charge in [0, 0.05) is 56.7 Å². The van der Waals surface area contributed by atoms with Gasteiger partial charge in [-0.15, -0.1) is 22.7 Å². The molecule has 0 bridgehead atoms. The number of carbonyl (C=O) groups is 2. The van der Waals surface area contributed by atoms with Crippen molar-refractivity contribution in [3.8, 4) is 11.5 Å². The number of Topliss-reactive ketones (excluding diaryl/α,β-unsaturated/α-hetero) is 2. The molecule has 13 heteroatoms. The molecule has 0 aliphatic carbocycles. The Balaban J connectivity index is 0.000000363. The van der Waals surface area contributed by atoms with E-state index in [-0.39, 0.29) is 46.1 Å². The van der Waals surface area contributed by atoms with Crippen LogP contribution in [-0.2, 0) is 17.3 Å². The average molecular weight is 979 g/mol. The lowest BCUT2D eigenvalue weighted by molar-refractivity contribution is 0.102. The van der Waals surface area contributed by atoms with Gasteiger partial charge >= 0.3 is 11.3 Å².